The van der Waals surface area contributed by atoms with E-state index in [1.807, 2.05) is 22.7 Å². The molecule has 0 aliphatic carbocycles. The number of primary amides is 1. The van der Waals surface area contributed by atoms with Crippen LogP contribution in [0.25, 0.3) is 0 Å². The standard InChI is InChI=1S/C18H23N5O3.ClH/c1-22-9-8-21-18(22)15-12-20-7-10-23(15)16(24)6-11-26-14-4-2-13(3-5-14)17(19)25;/h2-5,8-9,15,20H,6-7,10-12H2,1H3,(H2,19,25);1H. The molecule has 8 nitrogen and oxygen atoms in total. The van der Waals surface area contributed by atoms with E-state index >= 15 is 0 Å². The second-order valence-corrected chi connectivity index (χ2v) is 6.19. The van der Waals surface area contributed by atoms with Gasteiger partial charge in [0.2, 0.25) is 11.8 Å². The number of hydrogen-bond donors (Lipinski definition) is 2. The first kappa shape index (κ1) is 20.7. The number of aryl methyl sites for hydroxylation is 1. The average molecular weight is 394 g/mol. The van der Waals surface area contributed by atoms with Gasteiger partial charge in [-0.1, -0.05) is 0 Å². The summed E-state index contributed by atoms with van der Waals surface area (Å²) in [6.07, 6.45) is 3.90. The number of piperazine rings is 1. The molecule has 0 radical (unpaired) electrons. The number of nitrogens with two attached hydrogens (primary N) is 1. The zero-order valence-electron chi connectivity index (χ0n) is 15.1. The van der Waals surface area contributed by atoms with Gasteiger partial charge in [-0.25, -0.2) is 4.98 Å². The van der Waals surface area contributed by atoms with Crippen LogP contribution in [0.15, 0.2) is 36.7 Å². The monoisotopic (exact) mass is 393 g/mol. The highest BCUT2D eigenvalue weighted by Gasteiger charge is 2.30. The van der Waals surface area contributed by atoms with Gasteiger partial charge >= 0.3 is 0 Å². The van der Waals surface area contributed by atoms with Crippen molar-refractivity contribution in [3.05, 3.63) is 48.0 Å². The van der Waals surface area contributed by atoms with Crippen LogP contribution in [-0.2, 0) is 11.8 Å². The largest absolute Gasteiger partial charge is 0.493 e. The van der Waals surface area contributed by atoms with Crippen LogP contribution in [-0.4, -0.2) is 52.5 Å². The minimum atomic E-state index is -0.481. The van der Waals surface area contributed by atoms with Crippen molar-refractivity contribution in [2.24, 2.45) is 12.8 Å². The third-order valence-corrected chi connectivity index (χ3v) is 4.44. The van der Waals surface area contributed by atoms with Gasteiger partial charge in [-0.2, -0.15) is 0 Å². The van der Waals surface area contributed by atoms with Gasteiger partial charge in [0.15, 0.2) is 0 Å². The molecule has 1 fully saturated rings. The zero-order valence-corrected chi connectivity index (χ0v) is 15.9. The van der Waals surface area contributed by atoms with E-state index in [0.717, 1.165) is 12.4 Å². The molecule has 146 valence electrons. The molecule has 0 saturated carbocycles. The number of aromatic nitrogens is 2. The summed E-state index contributed by atoms with van der Waals surface area (Å²) >= 11 is 0. The van der Waals surface area contributed by atoms with Crippen molar-refractivity contribution >= 4 is 24.2 Å². The maximum absolute atomic E-state index is 12.7. The van der Waals surface area contributed by atoms with Crippen LogP contribution < -0.4 is 15.8 Å². The predicted molar refractivity (Wildman–Crippen MR) is 103 cm³/mol. The summed E-state index contributed by atoms with van der Waals surface area (Å²) in [6, 6.07) is 6.48. The fourth-order valence-corrected chi connectivity index (χ4v) is 3.05. The number of halogens is 1. The Morgan fingerprint density at radius 3 is 2.70 bits per heavy atom. The lowest BCUT2D eigenvalue weighted by Crippen LogP contribution is -2.49. The van der Waals surface area contributed by atoms with Crippen LogP contribution >= 0.6 is 12.4 Å². The molecule has 1 aliphatic rings. The molecule has 27 heavy (non-hydrogen) atoms. The Morgan fingerprint density at radius 2 is 2.07 bits per heavy atom. The summed E-state index contributed by atoms with van der Waals surface area (Å²) in [7, 11) is 1.93. The maximum atomic E-state index is 12.7. The van der Waals surface area contributed by atoms with Gasteiger partial charge in [0, 0.05) is 44.6 Å². The van der Waals surface area contributed by atoms with Crippen molar-refractivity contribution in [1.82, 2.24) is 19.8 Å². The van der Waals surface area contributed by atoms with Gasteiger partial charge in [0.05, 0.1) is 13.0 Å². The third-order valence-electron chi connectivity index (χ3n) is 4.44. The molecule has 9 heteroatoms. The van der Waals surface area contributed by atoms with E-state index in [0.29, 0.717) is 24.4 Å². The van der Waals surface area contributed by atoms with Crippen molar-refractivity contribution in [1.29, 1.82) is 0 Å². The van der Waals surface area contributed by atoms with Crippen LogP contribution in [0.4, 0.5) is 0 Å². The van der Waals surface area contributed by atoms with Crippen molar-refractivity contribution in [2.75, 3.05) is 26.2 Å². The molecule has 0 bridgehead atoms. The van der Waals surface area contributed by atoms with E-state index in [-0.39, 0.29) is 37.4 Å². The number of rotatable bonds is 6. The Kier molecular flexibility index (Phi) is 7.20. The van der Waals surface area contributed by atoms with E-state index in [4.69, 9.17) is 10.5 Å². The molecule has 3 N–H and O–H groups in total. The molecule has 2 amide bonds. The summed E-state index contributed by atoms with van der Waals surface area (Å²) in [5.74, 6) is 1.02. The lowest BCUT2D eigenvalue weighted by atomic mass is 10.1. The molecule has 1 aliphatic heterocycles. The molecule has 2 heterocycles. The Labute approximate surface area is 164 Å². The quantitative estimate of drug-likeness (QED) is 0.758. The molecule has 3 rings (SSSR count). The number of hydrogen-bond acceptors (Lipinski definition) is 5. The first-order chi connectivity index (χ1) is 12.6. The summed E-state index contributed by atoms with van der Waals surface area (Å²) in [5, 5.41) is 3.32. The normalized spacial score (nSPS) is 16.5. The molecular weight excluding hydrogens is 370 g/mol. The Bertz CT molecular complexity index is 778. The highest BCUT2D eigenvalue weighted by Crippen LogP contribution is 2.21. The van der Waals surface area contributed by atoms with Crippen LogP contribution in [0.1, 0.15) is 28.6 Å². The number of benzene rings is 1. The molecule has 1 aromatic carbocycles. The molecule has 1 atom stereocenters. The minimum Gasteiger partial charge on any atom is -0.493 e. The Hall–Kier alpha value is -2.58. The van der Waals surface area contributed by atoms with Gasteiger partial charge in [0.1, 0.15) is 17.6 Å². The van der Waals surface area contributed by atoms with E-state index in [1.54, 1.807) is 30.5 Å². The van der Waals surface area contributed by atoms with Crippen LogP contribution in [0, 0.1) is 0 Å². The second-order valence-electron chi connectivity index (χ2n) is 6.19. The van der Waals surface area contributed by atoms with E-state index < -0.39 is 5.91 Å². The number of amides is 2. The third kappa shape index (κ3) is 4.99. The van der Waals surface area contributed by atoms with Gasteiger partial charge in [-0.15, -0.1) is 12.4 Å². The SMILES string of the molecule is Cl.Cn1ccnc1C1CNCCN1C(=O)CCOc1ccc(C(N)=O)cc1. The first-order valence-corrected chi connectivity index (χ1v) is 8.56. The van der Waals surface area contributed by atoms with Gasteiger partial charge in [-0.3, -0.25) is 9.59 Å². The number of nitrogens with one attached hydrogen (secondary N) is 1. The lowest BCUT2D eigenvalue weighted by Gasteiger charge is -2.35. The fraction of sp³-hybridized carbons (Fsp3) is 0.389. The Balaban J connectivity index is 0.00000261. The zero-order chi connectivity index (χ0) is 18.5. The molecule has 1 unspecified atom stereocenters. The number of carbonyl (C=O) groups excluding carboxylic acids is 2. The Morgan fingerprint density at radius 1 is 1.33 bits per heavy atom. The number of imidazole rings is 1. The van der Waals surface area contributed by atoms with Crippen molar-refractivity contribution in [3.63, 3.8) is 0 Å². The smallest absolute Gasteiger partial charge is 0.248 e. The number of carbonyl (C=O) groups is 2. The molecule has 1 saturated heterocycles. The second kappa shape index (κ2) is 9.38. The van der Waals surface area contributed by atoms with Gasteiger partial charge < -0.3 is 25.3 Å². The van der Waals surface area contributed by atoms with E-state index in [9.17, 15) is 9.59 Å². The molecular formula is C18H24ClN5O3. The topological polar surface area (TPSA) is 102 Å². The fourth-order valence-electron chi connectivity index (χ4n) is 3.05. The predicted octanol–water partition coefficient (Wildman–Crippen LogP) is 0.883. The summed E-state index contributed by atoms with van der Waals surface area (Å²) in [4.78, 5) is 30.0. The van der Waals surface area contributed by atoms with E-state index in [1.165, 1.54) is 0 Å². The highest BCUT2D eigenvalue weighted by molar-refractivity contribution is 5.92. The lowest BCUT2D eigenvalue weighted by molar-refractivity contribution is -0.135. The van der Waals surface area contributed by atoms with Crippen LogP contribution in [0.2, 0.25) is 0 Å². The number of nitrogens with zero attached hydrogens (tertiary/aromatic N) is 3. The van der Waals surface area contributed by atoms with Crippen molar-refractivity contribution in [3.8, 4) is 5.75 Å². The number of ether oxygens (including phenoxy) is 1. The van der Waals surface area contributed by atoms with E-state index in [2.05, 4.69) is 10.3 Å². The molecule has 2 aromatic rings. The van der Waals surface area contributed by atoms with Crippen molar-refractivity contribution in [2.45, 2.75) is 12.5 Å². The minimum absolute atomic E-state index is 0. The molecule has 1 aromatic heterocycles. The van der Waals surface area contributed by atoms with Crippen molar-refractivity contribution < 1.29 is 14.3 Å². The first-order valence-electron chi connectivity index (χ1n) is 8.56. The highest BCUT2D eigenvalue weighted by atomic mass is 35.5. The summed E-state index contributed by atoms with van der Waals surface area (Å²) in [6.45, 7) is 2.36. The van der Waals surface area contributed by atoms with Crippen LogP contribution in [0.3, 0.4) is 0 Å². The van der Waals surface area contributed by atoms with Gasteiger partial charge in [-0.05, 0) is 24.3 Å². The summed E-state index contributed by atoms with van der Waals surface area (Å²) < 4.78 is 7.56. The average Bonchev–Trinajstić information content (AvgIpc) is 3.08. The molecule has 0 spiro atoms. The van der Waals surface area contributed by atoms with Gasteiger partial charge in [0.25, 0.3) is 0 Å². The summed E-state index contributed by atoms with van der Waals surface area (Å²) in [5.41, 5.74) is 5.63. The maximum Gasteiger partial charge on any atom is 0.248 e. The van der Waals surface area contributed by atoms with Crippen LogP contribution in [0.5, 0.6) is 5.75 Å².